The largest absolute Gasteiger partial charge is 0.494 e. The maximum absolute atomic E-state index is 12.3. The Morgan fingerprint density at radius 3 is 2.27 bits per heavy atom. The Morgan fingerprint density at radius 2 is 1.77 bits per heavy atom. The van der Waals surface area contributed by atoms with Gasteiger partial charge in [-0.15, -0.1) is 6.58 Å². The van der Waals surface area contributed by atoms with Crippen LogP contribution in [0.5, 0.6) is 5.75 Å². The summed E-state index contributed by atoms with van der Waals surface area (Å²) in [4.78, 5) is 12.3. The molecule has 1 amide bonds. The number of hydrogen-bond acceptors (Lipinski definition) is 4. The fourth-order valence-corrected chi connectivity index (χ4v) is 3.21. The molecule has 0 aliphatic carbocycles. The van der Waals surface area contributed by atoms with Crippen molar-refractivity contribution < 1.29 is 17.9 Å². The summed E-state index contributed by atoms with van der Waals surface area (Å²) in [7, 11) is -3.42. The summed E-state index contributed by atoms with van der Waals surface area (Å²) in [6, 6.07) is 13.4. The molecule has 0 unspecified atom stereocenters. The fraction of sp³-hybridized carbons (Fsp3) is 0.211. The molecule has 2 rings (SSSR count). The van der Waals surface area contributed by atoms with Crippen molar-refractivity contribution in [2.45, 2.75) is 6.92 Å². The molecule has 0 fully saturated rings. The predicted molar refractivity (Wildman–Crippen MR) is 104 cm³/mol. The van der Waals surface area contributed by atoms with Crippen molar-refractivity contribution in [3.05, 3.63) is 66.7 Å². The smallest absolute Gasteiger partial charge is 0.255 e. The fourth-order valence-electron chi connectivity index (χ4n) is 2.33. The highest BCUT2D eigenvalue weighted by molar-refractivity contribution is 7.92. The van der Waals surface area contributed by atoms with E-state index >= 15 is 0 Å². The molecule has 2 aromatic rings. The standard InChI is InChI=1S/C19H22N2O4S/c1-4-14-21(26(3,23)24)17-10-6-15(7-11-17)19(22)20-16-8-12-18(13-9-16)25-5-2/h4,6-13H,1,5,14H2,2-3H3,(H,20,22). The van der Waals surface area contributed by atoms with Gasteiger partial charge in [-0.3, -0.25) is 9.10 Å². The van der Waals surface area contributed by atoms with Crippen molar-refractivity contribution in [3.8, 4) is 5.75 Å². The molecule has 1 N–H and O–H groups in total. The van der Waals surface area contributed by atoms with Gasteiger partial charge >= 0.3 is 0 Å². The molecule has 26 heavy (non-hydrogen) atoms. The number of nitrogens with one attached hydrogen (secondary N) is 1. The maximum Gasteiger partial charge on any atom is 0.255 e. The van der Waals surface area contributed by atoms with E-state index in [0.717, 1.165) is 12.0 Å². The molecule has 2 aromatic carbocycles. The number of carbonyl (C=O) groups is 1. The Labute approximate surface area is 154 Å². The first-order valence-electron chi connectivity index (χ1n) is 8.08. The summed E-state index contributed by atoms with van der Waals surface area (Å²) < 4.78 is 30.3. The molecule has 7 heteroatoms. The lowest BCUT2D eigenvalue weighted by Gasteiger charge is -2.20. The highest BCUT2D eigenvalue weighted by Gasteiger charge is 2.16. The predicted octanol–water partition coefficient (Wildman–Crippen LogP) is 3.29. The number of amides is 1. The second-order valence-electron chi connectivity index (χ2n) is 5.54. The van der Waals surface area contributed by atoms with E-state index in [1.807, 2.05) is 6.92 Å². The van der Waals surface area contributed by atoms with Crippen LogP contribution in [0.15, 0.2) is 61.2 Å². The van der Waals surface area contributed by atoms with Gasteiger partial charge in [0.15, 0.2) is 0 Å². The van der Waals surface area contributed by atoms with Crippen molar-refractivity contribution >= 4 is 27.3 Å². The highest BCUT2D eigenvalue weighted by Crippen LogP contribution is 2.20. The van der Waals surface area contributed by atoms with Crippen LogP contribution >= 0.6 is 0 Å². The summed E-state index contributed by atoms with van der Waals surface area (Å²) >= 11 is 0. The zero-order valence-corrected chi connectivity index (χ0v) is 15.6. The molecule has 0 aliphatic heterocycles. The summed E-state index contributed by atoms with van der Waals surface area (Å²) in [6.07, 6.45) is 2.64. The van der Waals surface area contributed by atoms with E-state index in [1.54, 1.807) is 48.5 Å². The van der Waals surface area contributed by atoms with E-state index in [1.165, 1.54) is 10.4 Å². The van der Waals surface area contributed by atoms with Gasteiger partial charge in [0.2, 0.25) is 10.0 Å². The van der Waals surface area contributed by atoms with Gasteiger partial charge in [0.05, 0.1) is 25.1 Å². The van der Waals surface area contributed by atoms with Crippen LogP contribution in [0.25, 0.3) is 0 Å². The number of rotatable bonds is 8. The van der Waals surface area contributed by atoms with E-state index in [4.69, 9.17) is 4.74 Å². The van der Waals surface area contributed by atoms with E-state index < -0.39 is 10.0 Å². The van der Waals surface area contributed by atoms with E-state index in [9.17, 15) is 13.2 Å². The summed E-state index contributed by atoms with van der Waals surface area (Å²) in [5.41, 5.74) is 1.55. The van der Waals surface area contributed by atoms with Gasteiger partial charge in [-0.2, -0.15) is 0 Å². The second-order valence-corrected chi connectivity index (χ2v) is 7.45. The minimum absolute atomic E-state index is 0.163. The van der Waals surface area contributed by atoms with Gasteiger partial charge in [0, 0.05) is 11.3 Å². The van der Waals surface area contributed by atoms with Gasteiger partial charge in [0.25, 0.3) is 5.91 Å². The second kappa shape index (κ2) is 8.53. The zero-order chi connectivity index (χ0) is 19.2. The Bertz CT molecular complexity index is 859. The quantitative estimate of drug-likeness (QED) is 0.720. The number of sulfonamides is 1. The van der Waals surface area contributed by atoms with Crippen LogP contribution in [-0.4, -0.2) is 33.7 Å². The lowest BCUT2D eigenvalue weighted by molar-refractivity contribution is 0.102. The molecule has 0 aromatic heterocycles. The Morgan fingerprint density at radius 1 is 1.15 bits per heavy atom. The van der Waals surface area contributed by atoms with Crippen LogP contribution in [-0.2, 0) is 10.0 Å². The normalized spacial score (nSPS) is 10.8. The van der Waals surface area contributed by atoms with Crippen LogP contribution in [0.2, 0.25) is 0 Å². The summed E-state index contributed by atoms with van der Waals surface area (Å²) in [5, 5.41) is 2.79. The zero-order valence-electron chi connectivity index (χ0n) is 14.8. The minimum Gasteiger partial charge on any atom is -0.494 e. The number of ether oxygens (including phenoxy) is 1. The highest BCUT2D eigenvalue weighted by atomic mass is 32.2. The van der Waals surface area contributed by atoms with Gasteiger partial charge < -0.3 is 10.1 Å². The number of benzene rings is 2. The monoisotopic (exact) mass is 374 g/mol. The van der Waals surface area contributed by atoms with E-state index in [-0.39, 0.29) is 12.5 Å². The molecule has 0 spiro atoms. The SMILES string of the molecule is C=CCN(c1ccc(C(=O)Nc2ccc(OCC)cc2)cc1)S(C)(=O)=O. The number of nitrogens with zero attached hydrogens (tertiary/aromatic N) is 1. The van der Waals surface area contributed by atoms with Crippen molar-refractivity contribution in [1.29, 1.82) is 0 Å². The minimum atomic E-state index is -3.42. The summed E-state index contributed by atoms with van der Waals surface area (Å²) in [6.45, 7) is 6.21. The molecule has 0 heterocycles. The molecule has 0 saturated heterocycles. The van der Waals surface area contributed by atoms with Crippen LogP contribution < -0.4 is 14.4 Å². The molecule has 0 bridgehead atoms. The molecule has 0 atom stereocenters. The third-order valence-corrected chi connectivity index (χ3v) is 4.70. The first-order valence-corrected chi connectivity index (χ1v) is 9.93. The van der Waals surface area contributed by atoms with Crippen LogP contribution in [0, 0.1) is 0 Å². The first kappa shape index (κ1) is 19.5. The lowest BCUT2D eigenvalue weighted by Crippen LogP contribution is -2.29. The molecule has 138 valence electrons. The van der Waals surface area contributed by atoms with Gasteiger partial charge in [-0.05, 0) is 55.5 Å². The van der Waals surface area contributed by atoms with Crippen LogP contribution in [0.4, 0.5) is 11.4 Å². The first-order chi connectivity index (χ1) is 12.3. The summed E-state index contributed by atoms with van der Waals surface area (Å²) in [5.74, 6) is 0.452. The van der Waals surface area contributed by atoms with Crippen LogP contribution in [0.3, 0.4) is 0 Å². The third kappa shape index (κ3) is 5.10. The molecule has 0 saturated carbocycles. The van der Waals surface area contributed by atoms with Crippen molar-refractivity contribution in [2.24, 2.45) is 0 Å². The maximum atomic E-state index is 12.3. The Kier molecular flexibility index (Phi) is 6.41. The van der Waals surface area contributed by atoms with Crippen LogP contribution in [0.1, 0.15) is 17.3 Å². The topological polar surface area (TPSA) is 75.7 Å². The molecular formula is C19H22N2O4S. The average molecular weight is 374 g/mol. The number of hydrogen-bond donors (Lipinski definition) is 1. The Balaban J connectivity index is 2.11. The van der Waals surface area contributed by atoms with Crippen molar-refractivity contribution in [2.75, 3.05) is 29.0 Å². The van der Waals surface area contributed by atoms with Gasteiger partial charge in [0.1, 0.15) is 5.75 Å². The van der Waals surface area contributed by atoms with Crippen molar-refractivity contribution in [3.63, 3.8) is 0 Å². The Hall–Kier alpha value is -2.80. The molecular weight excluding hydrogens is 352 g/mol. The average Bonchev–Trinajstić information content (AvgIpc) is 2.61. The lowest BCUT2D eigenvalue weighted by atomic mass is 10.2. The number of carbonyl (C=O) groups excluding carboxylic acids is 1. The van der Waals surface area contributed by atoms with E-state index in [0.29, 0.717) is 23.5 Å². The molecule has 6 nitrogen and oxygen atoms in total. The number of anilines is 2. The third-order valence-electron chi connectivity index (χ3n) is 3.54. The molecule has 0 radical (unpaired) electrons. The van der Waals surface area contributed by atoms with Gasteiger partial charge in [-0.25, -0.2) is 8.42 Å². The van der Waals surface area contributed by atoms with Gasteiger partial charge in [-0.1, -0.05) is 6.08 Å². The van der Waals surface area contributed by atoms with E-state index in [2.05, 4.69) is 11.9 Å². The molecule has 0 aliphatic rings. The van der Waals surface area contributed by atoms with Crippen molar-refractivity contribution in [1.82, 2.24) is 0 Å².